The third-order valence-electron chi connectivity index (χ3n) is 21.5. The number of rotatable bonds is 21. The molecular formula is C88H105BBrN11O14. The normalized spacial score (nSPS) is 16.7. The van der Waals surface area contributed by atoms with Gasteiger partial charge in [0.05, 0.1) is 4.47 Å². The number of anilines is 3. The van der Waals surface area contributed by atoms with Crippen molar-refractivity contribution >= 4 is 63.2 Å². The second kappa shape index (κ2) is 39.3. The molecule has 3 atom stereocenters. The molecule has 0 bridgehead atoms. The van der Waals surface area contributed by atoms with Gasteiger partial charge in [0.1, 0.15) is 49.8 Å². The number of fused-ring (bicyclic) bond motifs is 3. The van der Waals surface area contributed by atoms with E-state index in [0.29, 0.717) is 117 Å². The number of benzene rings is 4. The lowest BCUT2D eigenvalue weighted by Gasteiger charge is -2.29. The van der Waals surface area contributed by atoms with Crippen LogP contribution in [0.5, 0.6) is 34.5 Å². The van der Waals surface area contributed by atoms with Crippen molar-refractivity contribution in [3.63, 3.8) is 0 Å². The van der Waals surface area contributed by atoms with Crippen molar-refractivity contribution < 1.29 is 52.9 Å². The van der Waals surface area contributed by atoms with E-state index in [0.717, 1.165) is 171 Å². The zero-order valence-electron chi connectivity index (χ0n) is 67.2. The van der Waals surface area contributed by atoms with Gasteiger partial charge in [-0.15, -0.1) is 0 Å². The van der Waals surface area contributed by atoms with E-state index in [1.807, 2.05) is 128 Å². The summed E-state index contributed by atoms with van der Waals surface area (Å²) in [5.74, 6) is 5.42. The maximum atomic E-state index is 13.3. The lowest BCUT2D eigenvalue weighted by molar-refractivity contribution is 0.0868. The highest BCUT2D eigenvalue weighted by Crippen LogP contribution is 2.46. The molecule has 0 spiro atoms. The van der Waals surface area contributed by atoms with E-state index in [9.17, 15) is 28.8 Å². The van der Waals surface area contributed by atoms with Crippen molar-refractivity contribution in [2.75, 3.05) is 113 Å². The number of halogens is 1. The molecule has 0 aliphatic carbocycles. The molecule has 0 amide bonds. The first-order valence-corrected chi connectivity index (χ1v) is 40.8. The number of carbonyl (C=O) groups is 3. The number of Topliss-reactive ketones (excluding diaryl/α,β-unsaturated/α-hetero) is 3. The summed E-state index contributed by atoms with van der Waals surface area (Å²) in [5, 5.41) is 27.9. The molecule has 8 N–H and O–H groups in total. The number of aromatic nitrogens is 5. The van der Waals surface area contributed by atoms with Crippen molar-refractivity contribution in [2.45, 2.75) is 138 Å². The summed E-state index contributed by atoms with van der Waals surface area (Å²) in [6, 6.07) is 32.0. The highest BCUT2D eigenvalue weighted by atomic mass is 79.9. The van der Waals surface area contributed by atoms with E-state index >= 15 is 0 Å². The minimum atomic E-state index is -1.37. The number of hydrogen-bond donors (Lipinski definition) is 8. The van der Waals surface area contributed by atoms with Crippen LogP contribution < -0.4 is 81.2 Å². The van der Waals surface area contributed by atoms with Crippen LogP contribution in [-0.4, -0.2) is 176 Å². The molecule has 25 nitrogen and oxygen atoms in total. The molecule has 9 aromatic rings. The van der Waals surface area contributed by atoms with E-state index in [4.69, 9.17) is 48.4 Å². The highest BCUT2D eigenvalue weighted by molar-refractivity contribution is 9.10. The van der Waals surface area contributed by atoms with Crippen LogP contribution in [0.25, 0.3) is 22.3 Å². The Morgan fingerprint density at radius 3 is 1.12 bits per heavy atom. The largest absolute Gasteiger partial charge is 0.488 e. The van der Waals surface area contributed by atoms with E-state index in [1.54, 1.807) is 36.4 Å². The summed E-state index contributed by atoms with van der Waals surface area (Å²) in [7, 11) is -1.37. The van der Waals surface area contributed by atoms with Crippen molar-refractivity contribution in [3.05, 3.63) is 218 Å². The van der Waals surface area contributed by atoms with E-state index < -0.39 is 7.12 Å². The molecule has 0 radical (unpaired) electrons. The third kappa shape index (κ3) is 21.4. The van der Waals surface area contributed by atoms with Gasteiger partial charge in [0.15, 0.2) is 51.8 Å². The highest BCUT2D eigenvalue weighted by Gasteiger charge is 2.30. The maximum absolute atomic E-state index is 13.3. The fourth-order valence-electron chi connectivity index (χ4n) is 14.9. The Bertz CT molecular complexity index is 4890. The van der Waals surface area contributed by atoms with Gasteiger partial charge in [-0.3, -0.25) is 28.8 Å². The number of piperazine rings is 3. The number of aryl methyl sites for hydroxylation is 6. The molecule has 6 aliphatic heterocycles. The fourth-order valence-corrected chi connectivity index (χ4v) is 15.4. The van der Waals surface area contributed by atoms with Crippen LogP contribution in [-0.2, 0) is 19.3 Å². The average molecular weight is 1630 g/mol. The Morgan fingerprint density at radius 1 is 0.452 bits per heavy atom. The first kappa shape index (κ1) is 84.0. The molecule has 5 aromatic heterocycles. The SMILES string of the molecule is CCC1COc2cc(C(=O)CCc3c(C)cc(C)[nH]c3=O)cc(-c3ccc(N4CCNCC4)nc3)c2O1.CCC1COc2cc(C(=O)CCc3c(C)cc(C)[nH]c3=O)cc(-c3ccc(N4CCNCC4)nc3)c2O1.CCC1COc2cc(C(=O)CCc3c(C)cc(C)[nH]c3=O)cc(Br)c2O1.OB(O)c1ccc(N2CCNCC2)cc1. The number of hydrogen-bond acceptors (Lipinski definition) is 22. The van der Waals surface area contributed by atoms with Gasteiger partial charge < -0.3 is 84.1 Å². The van der Waals surface area contributed by atoms with E-state index in [1.165, 1.54) is 0 Å². The quantitative estimate of drug-likeness (QED) is 0.0245. The molecule has 27 heteroatoms. The van der Waals surface area contributed by atoms with E-state index in [2.05, 4.69) is 75.4 Å². The van der Waals surface area contributed by atoms with Gasteiger partial charge in [-0.05, 0) is 209 Å². The summed E-state index contributed by atoms with van der Waals surface area (Å²) < 4.78 is 37.0. The Kier molecular flexibility index (Phi) is 28.7. The summed E-state index contributed by atoms with van der Waals surface area (Å²) in [6.07, 6.45) is 8.00. The molecule has 606 valence electrons. The van der Waals surface area contributed by atoms with Crippen molar-refractivity contribution in [2.24, 2.45) is 0 Å². The summed E-state index contributed by atoms with van der Waals surface area (Å²) in [6.45, 7) is 30.3. The number of nitrogens with zero attached hydrogens (tertiary/aromatic N) is 5. The monoisotopic (exact) mass is 1630 g/mol. The molecule has 115 heavy (non-hydrogen) atoms. The molecule has 3 fully saturated rings. The van der Waals surface area contributed by atoms with Gasteiger partial charge in [0.2, 0.25) is 0 Å². The van der Waals surface area contributed by atoms with E-state index in [-0.39, 0.29) is 71.6 Å². The Balaban J connectivity index is 0.000000148. The Labute approximate surface area is 679 Å². The van der Waals surface area contributed by atoms with Crippen LogP contribution in [0.1, 0.15) is 141 Å². The number of nitrogens with one attached hydrogen (secondary N) is 6. The first-order chi connectivity index (χ1) is 55.5. The molecule has 15 rings (SSSR count). The van der Waals surface area contributed by atoms with Crippen molar-refractivity contribution in [1.82, 2.24) is 40.9 Å². The number of ketones is 3. The predicted octanol–water partition coefficient (Wildman–Crippen LogP) is 10.6. The second-order valence-corrected chi connectivity index (χ2v) is 30.8. The smallest absolute Gasteiger partial charge is 0.486 e. The van der Waals surface area contributed by atoms with Gasteiger partial charge >= 0.3 is 7.12 Å². The van der Waals surface area contributed by atoms with Crippen LogP contribution >= 0.6 is 15.9 Å². The number of H-pyrrole nitrogens is 3. The lowest BCUT2D eigenvalue weighted by Crippen LogP contribution is -2.43. The number of pyridine rings is 5. The molecular weight excluding hydrogens is 1530 g/mol. The van der Waals surface area contributed by atoms with Gasteiger partial charge in [0, 0.05) is 189 Å². The lowest BCUT2D eigenvalue weighted by atomic mass is 9.80. The average Bonchev–Trinajstić information content (AvgIpc) is 0.781. The number of aromatic amines is 3. The van der Waals surface area contributed by atoms with Crippen LogP contribution in [0.4, 0.5) is 17.3 Å². The van der Waals surface area contributed by atoms with Crippen LogP contribution in [0, 0.1) is 41.5 Å². The third-order valence-corrected chi connectivity index (χ3v) is 22.1. The zero-order chi connectivity index (χ0) is 81.4. The van der Waals surface area contributed by atoms with Gasteiger partial charge in [-0.2, -0.15) is 0 Å². The first-order valence-electron chi connectivity index (χ1n) is 40.0. The molecule has 11 heterocycles. The molecule has 3 unspecified atom stereocenters. The summed E-state index contributed by atoms with van der Waals surface area (Å²) in [5.41, 5.74) is 13.4. The standard InChI is InChI=1S/2C29H34N4O4.C20H22BrNO4.C10H15BN2O2/c2*1-4-22-17-36-26-15-21(25(34)7-6-23-18(2)13-19(3)32-29(23)35)14-24(28(26)37-22)20-5-8-27(31-16-20)33-11-9-30-10-12-33;1-4-14-10-25-18-9-13(8-16(21)19(18)26-14)17(23)6-5-15-11(2)7-12(3)22-20(15)24;14-11(15)9-1-3-10(4-2-9)13-7-5-12-6-8-13/h2*5,8,13-16,22,30H,4,6-7,9-12,17H2,1-3H3,(H,32,35);7-9,14H,4-6,10H2,1-3H3,(H,22,24);1-4,12,14-15H,5-8H2. The summed E-state index contributed by atoms with van der Waals surface area (Å²) >= 11 is 3.47. The van der Waals surface area contributed by atoms with Gasteiger partial charge in [-0.25, -0.2) is 9.97 Å². The Hall–Kier alpha value is -10.4. The van der Waals surface area contributed by atoms with Crippen molar-refractivity contribution in [3.8, 4) is 56.8 Å². The Morgan fingerprint density at radius 2 is 0.791 bits per heavy atom. The topological polar surface area (TPSA) is 317 Å². The zero-order valence-corrected chi connectivity index (χ0v) is 68.7. The van der Waals surface area contributed by atoms with Gasteiger partial charge in [-0.1, -0.05) is 32.9 Å². The minimum Gasteiger partial charge on any atom is -0.486 e. The second-order valence-electron chi connectivity index (χ2n) is 29.9. The van der Waals surface area contributed by atoms with Crippen LogP contribution in [0.15, 0.2) is 134 Å². The number of carbonyl (C=O) groups excluding carboxylic acids is 3. The summed E-state index contributed by atoms with van der Waals surface area (Å²) in [4.78, 5) is 101. The van der Waals surface area contributed by atoms with Crippen LogP contribution in [0.3, 0.4) is 0 Å². The maximum Gasteiger partial charge on any atom is 0.488 e. The molecule has 6 aliphatic rings. The molecule has 3 saturated heterocycles. The van der Waals surface area contributed by atoms with Crippen molar-refractivity contribution in [1.29, 1.82) is 0 Å². The molecule has 4 aromatic carbocycles. The minimum absolute atomic E-state index is 0.0246. The molecule has 0 saturated carbocycles. The predicted molar refractivity (Wildman–Crippen MR) is 453 cm³/mol. The number of ether oxygens (including phenoxy) is 6. The fraction of sp³-hybridized carbons (Fsp3) is 0.409. The van der Waals surface area contributed by atoms with Crippen LogP contribution in [0.2, 0.25) is 0 Å². The van der Waals surface area contributed by atoms with Gasteiger partial charge in [0.25, 0.3) is 16.7 Å².